The Hall–Kier alpha value is -4.26. The largest absolute Gasteiger partial charge is 0.461 e. The van der Waals surface area contributed by atoms with Crippen molar-refractivity contribution < 1.29 is 9.53 Å². The molecule has 0 aliphatic heterocycles. The zero-order chi connectivity index (χ0) is 24.1. The third-order valence-electron chi connectivity index (χ3n) is 5.41. The van der Waals surface area contributed by atoms with Gasteiger partial charge in [-0.1, -0.05) is 72.4 Å². The standard InChI is InChI=1S/C28H21N3O2S/c1-3-33-28(32)26-25(24(18-30)27(31(26)2)34-22-10-5-4-6-11-22)20-15-13-19(14-16-20)23-12-8-7-9-21(23)17-29/h4-16H,3H2,1-2H3. The number of hydrogen-bond acceptors (Lipinski definition) is 5. The van der Waals surface area contributed by atoms with Crippen LogP contribution in [0.2, 0.25) is 0 Å². The number of benzene rings is 3. The molecule has 0 radical (unpaired) electrons. The molecule has 4 aromatic rings. The van der Waals surface area contributed by atoms with Gasteiger partial charge in [0.1, 0.15) is 11.8 Å². The molecule has 34 heavy (non-hydrogen) atoms. The number of ether oxygens (including phenoxy) is 1. The summed E-state index contributed by atoms with van der Waals surface area (Å²) in [5.41, 5.74) is 4.33. The molecule has 0 aliphatic rings. The van der Waals surface area contributed by atoms with Crippen LogP contribution in [0.3, 0.4) is 0 Å². The Labute approximate surface area is 202 Å². The molecule has 166 valence electrons. The van der Waals surface area contributed by atoms with Crippen molar-refractivity contribution in [3.05, 3.63) is 95.7 Å². The molecule has 1 heterocycles. The summed E-state index contributed by atoms with van der Waals surface area (Å²) in [6, 6.07) is 29.2. The summed E-state index contributed by atoms with van der Waals surface area (Å²) in [5, 5.41) is 20.2. The average molecular weight is 464 g/mol. The molecule has 0 saturated heterocycles. The van der Waals surface area contributed by atoms with E-state index >= 15 is 0 Å². The predicted octanol–water partition coefficient (Wildman–Crippen LogP) is 6.43. The first kappa shape index (κ1) is 22.9. The van der Waals surface area contributed by atoms with Crippen LogP contribution in [0.15, 0.2) is 88.8 Å². The Kier molecular flexibility index (Phi) is 6.82. The van der Waals surface area contributed by atoms with Gasteiger partial charge in [-0.3, -0.25) is 0 Å². The molecule has 0 saturated carbocycles. The summed E-state index contributed by atoms with van der Waals surface area (Å²) in [4.78, 5) is 13.9. The highest BCUT2D eigenvalue weighted by atomic mass is 32.2. The molecule has 0 spiro atoms. The summed E-state index contributed by atoms with van der Waals surface area (Å²) in [6.45, 7) is 1.99. The number of rotatable bonds is 6. The number of hydrogen-bond donors (Lipinski definition) is 0. The van der Waals surface area contributed by atoms with E-state index in [0.29, 0.717) is 27.4 Å². The first-order valence-electron chi connectivity index (χ1n) is 10.7. The van der Waals surface area contributed by atoms with E-state index in [0.717, 1.165) is 21.6 Å². The first-order valence-corrected chi connectivity index (χ1v) is 11.5. The third-order valence-corrected chi connectivity index (χ3v) is 6.59. The van der Waals surface area contributed by atoms with Gasteiger partial charge in [-0.25, -0.2) is 4.79 Å². The molecular formula is C28H21N3O2S. The molecule has 0 bridgehead atoms. The predicted molar refractivity (Wildman–Crippen MR) is 132 cm³/mol. The van der Waals surface area contributed by atoms with Gasteiger partial charge in [-0.2, -0.15) is 10.5 Å². The minimum Gasteiger partial charge on any atom is -0.461 e. The molecule has 4 rings (SSSR count). The maximum atomic E-state index is 13.0. The van der Waals surface area contributed by atoms with E-state index in [1.807, 2.05) is 72.8 Å². The number of carbonyl (C=O) groups excluding carboxylic acids is 1. The molecule has 0 N–H and O–H groups in total. The van der Waals surface area contributed by atoms with Gasteiger partial charge >= 0.3 is 5.97 Å². The Morgan fingerprint density at radius 3 is 2.21 bits per heavy atom. The Bertz CT molecular complexity index is 1430. The summed E-state index contributed by atoms with van der Waals surface area (Å²) < 4.78 is 7.08. The zero-order valence-corrected chi connectivity index (χ0v) is 19.6. The summed E-state index contributed by atoms with van der Waals surface area (Å²) in [6.07, 6.45) is 0. The van der Waals surface area contributed by atoms with Crippen molar-refractivity contribution in [2.24, 2.45) is 7.05 Å². The number of carbonyl (C=O) groups is 1. The van der Waals surface area contributed by atoms with Crippen LogP contribution < -0.4 is 0 Å². The second-order valence-corrected chi connectivity index (χ2v) is 8.51. The second kappa shape index (κ2) is 10.1. The molecule has 1 aromatic heterocycles. The highest BCUT2D eigenvalue weighted by Gasteiger charge is 2.28. The lowest BCUT2D eigenvalue weighted by Gasteiger charge is -2.09. The molecular weight excluding hydrogens is 442 g/mol. The van der Waals surface area contributed by atoms with E-state index in [1.165, 1.54) is 11.8 Å². The van der Waals surface area contributed by atoms with Crippen molar-refractivity contribution in [2.45, 2.75) is 16.8 Å². The molecule has 0 fully saturated rings. The molecule has 0 amide bonds. The minimum absolute atomic E-state index is 0.233. The minimum atomic E-state index is -0.477. The number of aromatic nitrogens is 1. The molecule has 6 heteroatoms. The van der Waals surface area contributed by atoms with Crippen LogP contribution in [-0.2, 0) is 11.8 Å². The van der Waals surface area contributed by atoms with Gasteiger partial charge in [0.15, 0.2) is 0 Å². The van der Waals surface area contributed by atoms with E-state index < -0.39 is 5.97 Å². The van der Waals surface area contributed by atoms with Gasteiger partial charge in [-0.15, -0.1) is 0 Å². The van der Waals surface area contributed by atoms with Gasteiger partial charge in [0.05, 0.1) is 28.8 Å². The highest BCUT2D eigenvalue weighted by Crippen LogP contribution is 2.40. The van der Waals surface area contributed by atoms with Gasteiger partial charge in [0.25, 0.3) is 0 Å². The fraction of sp³-hybridized carbons (Fsp3) is 0.107. The Balaban J connectivity index is 1.86. The van der Waals surface area contributed by atoms with Crippen LogP contribution in [0, 0.1) is 22.7 Å². The topological polar surface area (TPSA) is 78.8 Å². The zero-order valence-electron chi connectivity index (χ0n) is 18.8. The first-order chi connectivity index (χ1) is 16.6. The molecule has 5 nitrogen and oxygen atoms in total. The van der Waals surface area contributed by atoms with E-state index in [2.05, 4.69) is 12.1 Å². The number of esters is 1. The van der Waals surface area contributed by atoms with E-state index in [1.54, 1.807) is 24.6 Å². The normalized spacial score (nSPS) is 10.4. The lowest BCUT2D eigenvalue weighted by molar-refractivity contribution is 0.0515. The maximum absolute atomic E-state index is 13.0. The summed E-state index contributed by atoms with van der Waals surface area (Å²) in [5.74, 6) is -0.477. The lowest BCUT2D eigenvalue weighted by atomic mass is 9.96. The fourth-order valence-corrected chi connectivity index (χ4v) is 4.85. The maximum Gasteiger partial charge on any atom is 0.355 e. The van der Waals surface area contributed by atoms with Gasteiger partial charge < -0.3 is 9.30 Å². The van der Waals surface area contributed by atoms with E-state index in [9.17, 15) is 15.3 Å². The average Bonchev–Trinajstić information content (AvgIpc) is 3.16. The van der Waals surface area contributed by atoms with Crippen LogP contribution >= 0.6 is 11.8 Å². The lowest BCUT2D eigenvalue weighted by Crippen LogP contribution is -2.11. The van der Waals surface area contributed by atoms with Crippen molar-refractivity contribution in [1.29, 1.82) is 10.5 Å². The molecule has 0 atom stereocenters. The van der Waals surface area contributed by atoms with Crippen LogP contribution in [-0.4, -0.2) is 17.1 Å². The molecule has 0 unspecified atom stereocenters. The van der Waals surface area contributed by atoms with Crippen LogP contribution in [0.5, 0.6) is 0 Å². The highest BCUT2D eigenvalue weighted by molar-refractivity contribution is 7.99. The van der Waals surface area contributed by atoms with Crippen molar-refractivity contribution in [3.63, 3.8) is 0 Å². The number of nitrogens with zero attached hydrogens (tertiary/aromatic N) is 3. The monoisotopic (exact) mass is 463 g/mol. The quantitative estimate of drug-likeness (QED) is 0.308. The Morgan fingerprint density at radius 2 is 1.56 bits per heavy atom. The van der Waals surface area contributed by atoms with Crippen molar-refractivity contribution >= 4 is 17.7 Å². The summed E-state index contributed by atoms with van der Waals surface area (Å²) >= 11 is 1.43. The van der Waals surface area contributed by atoms with Crippen LogP contribution in [0.4, 0.5) is 0 Å². The van der Waals surface area contributed by atoms with Crippen molar-refractivity contribution in [1.82, 2.24) is 4.57 Å². The van der Waals surface area contributed by atoms with Gasteiger partial charge in [-0.05, 0) is 41.8 Å². The van der Waals surface area contributed by atoms with Crippen molar-refractivity contribution in [3.8, 4) is 34.4 Å². The molecule has 0 aliphatic carbocycles. The SMILES string of the molecule is CCOC(=O)c1c(-c2ccc(-c3ccccc3C#N)cc2)c(C#N)c(Sc2ccccc2)n1C. The van der Waals surface area contributed by atoms with Crippen LogP contribution in [0.25, 0.3) is 22.3 Å². The number of nitriles is 2. The van der Waals surface area contributed by atoms with E-state index in [-0.39, 0.29) is 6.61 Å². The third kappa shape index (κ3) is 4.32. The summed E-state index contributed by atoms with van der Waals surface area (Å²) in [7, 11) is 1.78. The van der Waals surface area contributed by atoms with E-state index in [4.69, 9.17) is 4.74 Å². The molecule has 3 aromatic carbocycles. The fourth-order valence-electron chi connectivity index (χ4n) is 3.85. The second-order valence-electron chi connectivity index (χ2n) is 7.44. The van der Waals surface area contributed by atoms with Gasteiger partial charge in [0.2, 0.25) is 0 Å². The van der Waals surface area contributed by atoms with Crippen LogP contribution in [0.1, 0.15) is 28.5 Å². The van der Waals surface area contributed by atoms with Gasteiger partial charge in [0, 0.05) is 17.5 Å². The van der Waals surface area contributed by atoms with Crippen molar-refractivity contribution in [2.75, 3.05) is 6.61 Å². The smallest absolute Gasteiger partial charge is 0.355 e. The Morgan fingerprint density at radius 1 is 0.912 bits per heavy atom.